The fourth-order valence-corrected chi connectivity index (χ4v) is 14.0. The number of rotatable bonds is 65. The number of thiol groups is 1. The van der Waals surface area contributed by atoms with Crippen molar-refractivity contribution >= 4 is 131 Å². The van der Waals surface area contributed by atoms with Gasteiger partial charge in [0.05, 0.1) is 38.1 Å². The van der Waals surface area contributed by atoms with Gasteiger partial charge >= 0.3 is 29.8 Å². The number of thioether (sulfide) groups is 1. The highest BCUT2D eigenvalue weighted by Gasteiger charge is 2.40. The Hall–Kier alpha value is -11.0. The van der Waals surface area contributed by atoms with Gasteiger partial charge in [0.2, 0.25) is 76.8 Å². The highest BCUT2D eigenvalue weighted by Crippen LogP contribution is 2.46. The number of carbonyl (C=O) groups excluding carboxylic acids is 13. The van der Waals surface area contributed by atoms with Crippen LogP contribution in [0.5, 0.6) is 0 Å². The first-order valence-electron chi connectivity index (χ1n) is 40.9. The third kappa shape index (κ3) is 40.3. The number of hydrogen-bond acceptors (Lipinski definition) is 35. The van der Waals surface area contributed by atoms with Gasteiger partial charge in [-0.2, -0.15) is 24.4 Å². The number of aliphatic hydroxyl groups is 15. The van der Waals surface area contributed by atoms with Gasteiger partial charge in [0, 0.05) is 108 Å². The first kappa shape index (κ1) is 114. The van der Waals surface area contributed by atoms with E-state index in [-0.39, 0.29) is 18.1 Å². The summed E-state index contributed by atoms with van der Waals surface area (Å²) in [5.74, 6) is -25.5. The predicted molar refractivity (Wildman–Crippen MR) is 451 cm³/mol. The van der Waals surface area contributed by atoms with Gasteiger partial charge in [0.1, 0.15) is 109 Å². The summed E-state index contributed by atoms with van der Waals surface area (Å²) in [7, 11) is 0. The van der Waals surface area contributed by atoms with Crippen molar-refractivity contribution in [3.63, 3.8) is 0 Å². The summed E-state index contributed by atoms with van der Waals surface area (Å²) in [5.41, 5.74) is 4.20. The number of carboxylic acid groups (broad SMARTS) is 5. The molecule has 2 aromatic rings. The minimum Gasteiger partial charge on any atom is -0.481 e. The van der Waals surface area contributed by atoms with Crippen LogP contribution < -0.4 is 69.1 Å². The zero-order valence-corrected chi connectivity index (χ0v) is 72.4. The topological polar surface area (TPSA) is 868 Å². The Bertz CT molecular complexity index is 4140. The van der Waals surface area contributed by atoms with Crippen molar-refractivity contribution in [2.24, 2.45) is 0 Å². The van der Waals surface area contributed by atoms with Crippen LogP contribution in [0.4, 0.5) is 0 Å². The molecule has 0 aromatic heterocycles. The van der Waals surface area contributed by atoms with Crippen LogP contribution in [0.3, 0.4) is 0 Å². The molecule has 0 fully saturated rings. The van der Waals surface area contributed by atoms with E-state index in [1.807, 2.05) is 48.5 Å². The molecule has 0 bridgehead atoms. The molecule has 51 nitrogen and oxygen atoms in total. The van der Waals surface area contributed by atoms with Gasteiger partial charge in [0.15, 0.2) is 0 Å². The predicted octanol–water partition coefficient (Wildman–Crippen LogP) is -13.1. The maximum atomic E-state index is 14.9. The molecule has 21 atom stereocenters. The van der Waals surface area contributed by atoms with Gasteiger partial charge in [-0.1, -0.05) is 48.5 Å². The molecule has 33 N–H and O–H groups in total. The van der Waals surface area contributed by atoms with Crippen LogP contribution in [0.2, 0.25) is 0 Å². The Morgan fingerprint density at radius 2 is 0.550 bits per heavy atom. The third-order valence-corrected chi connectivity index (χ3v) is 21.6. The van der Waals surface area contributed by atoms with E-state index in [9.17, 15) is 188 Å². The zero-order valence-electron chi connectivity index (χ0n) is 70.6. The molecular formula is C78H117N13O38S2. The van der Waals surface area contributed by atoms with Crippen LogP contribution in [-0.2, 0) is 86.3 Å². The zero-order chi connectivity index (χ0) is 98.6. The van der Waals surface area contributed by atoms with E-state index in [0.717, 1.165) is 29.2 Å². The number of aliphatic hydroxyl groups excluding tert-OH is 15. The molecule has 0 aliphatic heterocycles. The minimum absolute atomic E-state index is 0.0507. The molecule has 53 heteroatoms. The average Bonchev–Trinajstić information content (AvgIpc) is 1.61. The second kappa shape index (κ2) is 58.7. The minimum atomic E-state index is -2.35. The van der Waals surface area contributed by atoms with Gasteiger partial charge in [0.25, 0.3) is 0 Å². The lowest BCUT2D eigenvalue weighted by atomic mass is 9.99. The van der Waals surface area contributed by atoms with E-state index < -0.39 is 376 Å². The number of fused-ring (bicyclic) bond motifs is 3. The molecule has 0 saturated carbocycles. The Kier molecular flexibility index (Phi) is 51.2. The second-order valence-electron chi connectivity index (χ2n) is 30.3. The molecule has 0 radical (unpaired) electrons. The normalized spacial score (nSPS) is 16.5. The van der Waals surface area contributed by atoms with Crippen LogP contribution in [-0.4, -0.2) is 400 Å². The molecule has 0 spiro atoms. The molecule has 0 saturated heterocycles. The number of benzene rings is 2. The maximum absolute atomic E-state index is 14.9. The Morgan fingerprint density at radius 1 is 0.313 bits per heavy atom. The smallest absolute Gasteiger partial charge is 0.327 e. The van der Waals surface area contributed by atoms with Gasteiger partial charge in [-0.3, -0.25) is 81.5 Å². The lowest BCUT2D eigenvalue weighted by Gasteiger charge is -2.28. The molecule has 131 heavy (non-hydrogen) atoms. The van der Waals surface area contributed by atoms with Crippen molar-refractivity contribution < 1.29 is 188 Å². The highest BCUT2D eigenvalue weighted by molar-refractivity contribution is 7.99. The average molecular weight is 1910 g/mol. The molecule has 1 aliphatic carbocycles. The molecule has 13 amide bonds. The van der Waals surface area contributed by atoms with E-state index in [4.69, 9.17) is 0 Å². The van der Waals surface area contributed by atoms with Crippen molar-refractivity contribution in [3.8, 4) is 11.1 Å². The molecule has 3 rings (SSSR count). The van der Waals surface area contributed by atoms with Gasteiger partial charge in [-0.25, -0.2) is 4.79 Å². The molecule has 734 valence electrons. The van der Waals surface area contributed by atoms with Crippen LogP contribution >= 0.6 is 24.4 Å². The van der Waals surface area contributed by atoms with E-state index in [1.165, 1.54) is 11.8 Å². The number of aliphatic carboxylic acids is 5. The molecule has 1 aliphatic rings. The van der Waals surface area contributed by atoms with E-state index in [2.05, 4.69) is 81.7 Å². The first-order chi connectivity index (χ1) is 61.7. The Labute approximate surface area is 756 Å². The highest BCUT2D eigenvalue weighted by atomic mass is 32.2. The monoisotopic (exact) mass is 1910 g/mol. The quantitative estimate of drug-likeness (QED) is 0.0216. The van der Waals surface area contributed by atoms with E-state index >= 15 is 0 Å². The second-order valence-corrected chi connectivity index (χ2v) is 31.8. The van der Waals surface area contributed by atoms with Crippen LogP contribution in [0, 0.1) is 0 Å². The lowest BCUT2D eigenvalue weighted by molar-refractivity contribution is -0.142. The number of carboxylic acids is 5. The third-order valence-electron chi connectivity index (χ3n) is 20.2. The fourth-order valence-electron chi connectivity index (χ4n) is 12.7. The fraction of sp³-hybridized carbons (Fsp3) is 0.615. The summed E-state index contributed by atoms with van der Waals surface area (Å²) in [6.45, 7) is -6.18. The van der Waals surface area contributed by atoms with E-state index in [0.29, 0.717) is 5.75 Å². The van der Waals surface area contributed by atoms with Gasteiger partial charge in [-0.05, 0) is 67.2 Å². The van der Waals surface area contributed by atoms with Crippen LogP contribution in [0.1, 0.15) is 120 Å². The molecular weight excluding hydrogens is 1790 g/mol. The first-order valence-corrected chi connectivity index (χ1v) is 42.7. The summed E-state index contributed by atoms with van der Waals surface area (Å²) < 4.78 is 0. The maximum Gasteiger partial charge on any atom is 0.327 e. The van der Waals surface area contributed by atoms with Gasteiger partial charge in [-0.15, -0.1) is 0 Å². The summed E-state index contributed by atoms with van der Waals surface area (Å²) in [6, 6.07) is -3.58. The van der Waals surface area contributed by atoms with Gasteiger partial charge < -0.3 is 171 Å². The molecule has 2 aromatic carbocycles. The lowest BCUT2D eigenvalue weighted by Crippen LogP contribution is -2.61. The number of carbonyl (C=O) groups is 18. The van der Waals surface area contributed by atoms with Crippen LogP contribution in [0.25, 0.3) is 11.1 Å². The summed E-state index contributed by atoms with van der Waals surface area (Å²) in [4.78, 5) is 243. The summed E-state index contributed by atoms with van der Waals surface area (Å²) in [6.07, 6.45) is -39.6. The number of nitrogens with one attached hydrogen (secondary N) is 13. The SMILES string of the molecule is CC(=O)N[C@@H](CCC(=O)O)C(=O)N[C@@H](CCC(=O)NC[C@H](O)[C@@H](O)[C@H](O)[C@H](O)CO)C(=O)N[C@@H](CCC(=O)O)C(=O)N[C@@H](CCC(=O)NC[C@H](O)[C@@H](O)[C@H](O)[C@H](O)CO)C(=O)N[C@@H](CCC(=O)O)C(=O)N[C@@H](CCC(=O)NC[C@H](O)[C@@H](O)[C@H](O)[C@H](O)CO)C(=O)N[C@@H](CCC(=O)O)C(=O)N[C@@H](CNC(=O)CCSCC1c2ccccc2-c2ccccc21)C(=O)N[C@@H](CS)C(=O)O. The summed E-state index contributed by atoms with van der Waals surface area (Å²) in [5, 5.41) is 227. The van der Waals surface area contributed by atoms with Crippen molar-refractivity contribution in [2.75, 3.05) is 63.3 Å². The van der Waals surface area contributed by atoms with E-state index in [1.54, 1.807) is 0 Å². The Balaban J connectivity index is 2.21. The Morgan fingerprint density at radius 3 is 0.817 bits per heavy atom. The van der Waals surface area contributed by atoms with Crippen molar-refractivity contribution in [1.82, 2.24) is 69.1 Å². The summed E-state index contributed by atoms with van der Waals surface area (Å²) >= 11 is 5.36. The van der Waals surface area contributed by atoms with Crippen molar-refractivity contribution in [2.45, 2.75) is 237 Å². The number of amides is 13. The molecule has 0 unspecified atom stereocenters. The standard InChI is InChI=1S/C78H117N13O38S2/c1-35(95)83-41(13-20-60(106)107)70(120)84-42(10-17-56(102)80-27-50(96)64(114)67(117)53(99)30-92)71(121)87-45(14-21-61(108)109)74(124)85-43(11-18-57(103)81-28-51(97)65(115)68(118)54(100)31-93)72(122)88-46(15-22-62(110)111)75(125)86-44(12-19-58(104)82-29-52(98)66(116)69(119)55(101)32-94)73(123)89-47(16-23-63(112)113)76(126)90-48(77(127)91-49(33-130)78(128)129)26-79-59(105)24-25-131-34-40-38-8-4-2-6-36(38)37-7-3-5-9-39(37)40/h2-9,40-55,64-69,92-94,96-101,114-119,130H,10-34H2,1H3,(H,79,105)(H,80,102)(H,81,103)(H,82,104)(H,83,95)(H,84,120)(H,85,124)(H,86,125)(H,87,121)(H,88,122)(H,89,123)(H,90,126)(H,91,127)(H,106,107)(H,108,109)(H,110,111)(H,112,113)(H,128,129)/t41-,42-,43-,44-,45-,46-,47-,48-,49-,50-,51-,52-,53+,54+,55+,64+,65+,66+,67+,68+,69+/m0/s1. The van der Waals surface area contributed by atoms with Crippen molar-refractivity contribution in [3.05, 3.63) is 59.7 Å². The number of hydrogen-bond donors (Lipinski definition) is 34. The van der Waals surface area contributed by atoms with Crippen molar-refractivity contribution in [1.29, 1.82) is 0 Å². The van der Waals surface area contributed by atoms with Crippen LogP contribution in [0.15, 0.2) is 48.5 Å². The largest absolute Gasteiger partial charge is 0.481 e. The molecule has 0 heterocycles.